The van der Waals surface area contributed by atoms with Crippen LogP contribution in [0.5, 0.6) is 5.75 Å². The van der Waals surface area contributed by atoms with Gasteiger partial charge in [0.2, 0.25) is 0 Å². The van der Waals surface area contributed by atoms with Gasteiger partial charge in [0.05, 0.1) is 6.10 Å². The van der Waals surface area contributed by atoms with Gasteiger partial charge in [-0.15, -0.1) is 0 Å². The maximum Gasteiger partial charge on any atom is 0.123 e. The molecule has 0 atom stereocenters. The van der Waals surface area contributed by atoms with Crippen LogP contribution in [0.1, 0.15) is 19.5 Å². The van der Waals surface area contributed by atoms with Crippen molar-refractivity contribution < 1.29 is 4.74 Å². The topological polar surface area (TPSA) is 48.1 Å². The van der Waals surface area contributed by atoms with E-state index in [2.05, 4.69) is 4.98 Å². The molecule has 94 valence electrons. The van der Waals surface area contributed by atoms with Crippen LogP contribution in [0, 0.1) is 6.92 Å². The Kier molecular flexibility index (Phi) is 3.51. The Bertz CT molecular complexity index is 533. The Hall–Kier alpha value is -2.03. The van der Waals surface area contributed by atoms with Gasteiger partial charge in [-0.1, -0.05) is 12.1 Å². The number of hydrogen-bond donors (Lipinski definition) is 1. The number of anilines is 1. The van der Waals surface area contributed by atoms with E-state index in [1.807, 2.05) is 57.2 Å². The number of nitrogen functional groups attached to an aromatic ring is 1. The molecule has 0 aliphatic heterocycles. The third kappa shape index (κ3) is 2.80. The lowest BCUT2D eigenvalue weighted by atomic mass is 10.0. The predicted molar refractivity (Wildman–Crippen MR) is 74.6 cm³/mol. The number of benzene rings is 1. The molecular formula is C15H18N2O. The molecule has 1 aromatic heterocycles. The first-order valence-electron chi connectivity index (χ1n) is 6.06. The van der Waals surface area contributed by atoms with Gasteiger partial charge in [0, 0.05) is 11.3 Å². The minimum atomic E-state index is 0.191. The molecule has 0 amide bonds. The average molecular weight is 242 g/mol. The van der Waals surface area contributed by atoms with Crippen molar-refractivity contribution in [3.63, 3.8) is 0 Å². The van der Waals surface area contributed by atoms with Crippen LogP contribution >= 0.6 is 0 Å². The molecule has 0 bridgehead atoms. The van der Waals surface area contributed by atoms with Gasteiger partial charge in [0.15, 0.2) is 0 Å². The minimum absolute atomic E-state index is 0.191. The summed E-state index contributed by atoms with van der Waals surface area (Å²) in [6.45, 7) is 5.99. The molecule has 0 radical (unpaired) electrons. The molecular weight excluding hydrogens is 224 g/mol. The molecule has 2 rings (SSSR count). The van der Waals surface area contributed by atoms with E-state index in [1.54, 1.807) is 0 Å². The first kappa shape index (κ1) is 12.4. The zero-order valence-electron chi connectivity index (χ0n) is 11.0. The van der Waals surface area contributed by atoms with Crippen LogP contribution in [-0.4, -0.2) is 11.1 Å². The molecule has 0 aliphatic carbocycles. The third-order valence-corrected chi connectivity index (χ3v) is 2.64. The van der Waals surface area contributed by atoms with Crippen LogP contribution in [0.4, 0.5) is 5.82 Å². The van der Waals surface area contributed by atoms with Crippen molar-refractivity contribution in [2.75, 3.05) is 5.73 Å². The molecule has 1 aromatic carbocycles. The number of rotatable bonds is 3. The molecule has 3 heteroatoms. The SMILES string of the molecule is Cc1nc(N)ccc1-c1ccc(OC(C)C)cc1. The van der Waals surface area contributed by atoms with E-state index >= 15 is 0 Å². The second kappa shape index (κ2) is 5.08. The van der Waals surface area contributed by atoms with E-state index in [-0.39, 0.29) is 6.10 Å². The molecule has 1 heterocycles. The number of nitrogens with two attached hydrogens (primary N) is 1. The summed E-state index contributed by atoms with van der Waals surface area (Å²) >= 11 is 0. The van der Waals surface area contributed by atoms with Gasteiger partial charge >= 0.3 is 0 Å². The molecule has 0 unspecified atom stereocenters. The van der Waals surface area contributed by atoms with E-state index in [4.69, 9.17) is 10.5 Å². The van der Waals surface area contributed by atoms with E-state index in [0.717, 1.165) is 22.6 Å². The Morgan fingerprint density at radius 2 is 1.72 bits per heavy atom. The highest BCUT2D eigenvalue weighted by Crippen LogP contribution is 2.25. The van der Waals surface area contributed by atoms with Crippen LogP contribution < -0.4 is 10.5 Å². The van der Waals surface area contributed by atoms with Gasteiger partial charge in [-0.2, -0.15) is 0 Å². The Morgan fingerprint density at radius 3 is 2.28 bits per heavy atom. The summed E-state index contributed by atoms with van der Waals surface area (Å²) in [5.74, 6) is 1.44. The molecule has 0 saturated heterocycles. The second-order valence-electron chi connectivity index (χ2n) is 4.56. The number of pyridine rings is 1. The van der Waals surface area contributed by atoms with Crippen molar-refractivity contribution in [1.82, 2.24) is 4.98 Å². The van der Waals surface area contributed by atoms with Crippen LogP contribution in [0.25, 0.3) is 11.1 Å². The van der Waals surface area contributed by atoms with Gasteiger partial charge < -0.3 is 10.5 Å². The standard InChI is InChI=1S/C15H18N2O/c1-10(2)18-13-6-4-12(5-7-13)14-8-9-15(16)17-11(14)3/h4-10H,1-3H3,(H2,16,17). The van der Waals surface area contributed by atoms with Crippen molar-refractivity contribution in [2.45, 2.75) is 26.9 Å². The van der Waals surface area contributed by atoms with Crippen molar-refractivity contribution in [1.29, 1.82) is 0 Å². The fraction of sp³-hybridized carbons (Fsp3) is 0.267. The van der Waals surface area contributed by atoms with Crippen LogP contribution in [0.2, 0.25) is 0 Å². The monoisotopic (exact) mass is 242 g/mol. The summed E-state index contributed by atoms with van der Waals surface area (Å²) in [6.07, 6.45) is 0.191. The van der Waals surface area contributed by atoms with Crippen molar-refractivity contribution >= 4 is 5.82 Å². The number of aryl methyl sites for hydroxylation is 1. The largest absolute Gasteiger partial charge is 0.491 e. The van der Waals surface area contributed by atoms with E-state index in [9.17, 15) is 0 Å². The summed E-state index contributed by atoms with van der Waals surface area (Å²) in [7, 11) is 0. The highest BCUT2D eigenvalue weighted by molar-refractivity contribution is 5.67. The lowest BCUT2D eigenvalue weighted by Gasteiger charge is -2.11. The first-order chi connectivity index (χ1) is 8.56. The number of aromatic nitrogens is 1. The van der Waals surface area contributed by atoms with Gasteiger partial charge in [-0.25, -0.2) is 4.98 Å². The molecule has 2 N–H and O–H groups in total. The van der Waals surface area contributed by atoms with Crippen LogP contribution in [-0.2, 0) is 0 Å². The summed E-state index contributed by atoms with van der Waals surface area (Å²) in [6, 6.07) is 11.9. The van der Waals surface area contributed by atoms with Gasteiger partial charge in [0.1, 0.15) is 11.6 Å². The minimum Gasteiger partial charge on any atom is -0.491 e. The quantitative estimate of drug-likeness (QED) is 0.897. The van der Waals surface area contributed by atoms with Crippen molar-refractivity contribution in [3.8, 4) is 16.9 Å². The summed E-state index contributed by atoms with van der Waals surface area (Å²) in [4.78, 5) is 4.27. The molecule has 0 spiro atoms. The Morgan fingerprint density at radius 1 is 1.06 bits per heavy atom. The molecule has 0 fully saturated rings. The zero-order valence-corrected chi connectivity index (χ0v) is 11.0. The summed E-state index contributed by atoms with van der Waals surface area (Å²) in [5.41, 5.74) is 8.81. The van der Waals surface area contributed by atoms with Crippen molar-refractivity contribution in [3.05, 3.63) is 42.1 Å². The lowest BCUT2D eigenvalue weighted by Crippen LogP contribution is -2.05. The third-order valence-electron chi connectivity index (χ3n) is 2.64. The fourth-order valence-electron chi connectivity index (χ4n) is 1.87. The Labute approximate surface area is 108 Å². The zero-order chi connectivity index (χ0) is 13.1. The summed E-state index contributed by atoms with van der Waals surface area (Å²) < 4.78 is 5.62. The first-order valence-corrected chi connectivity index (χ1v) is 6.06. The molecule has 3 nitrogen and oxygen atoms in total. The lowest BCUT2D eigenvalue weighted by molar-refractivity contribution is 0.242. The number of nitrogens with zero attached hydrogens (tertiary/aromatic N) is 1. The van der Waals surface area contributed by atoms with Crippen molar-refractivity contribution in [2.24, 2.45) is 0 Å². The predicted octanol–water partition coefficient (Wildman–Crippen LogP) is 3.43. The number of ether oxygens (including phenoxy) is 1. The van der Waals surface area contributed by atoms with E-state index < -0.39 is 0 Å². The van der Waals surface area contributed by atoms with Gasteiger partial charge in [-0.3, -0.25) is 0 Å². The van der Waals surface area contributed by atoms with Gasteiger partial charge in [0.25, 0.3) is 0 Å². The molecule has 2 aromatic rings. The summed E-state index contributed by atoms with van der Waals surface area (Å²) in [5, 5.41) is 0. The highest BCUT2D eigenvalue weighted by atomic mass is 16.5. The maximum atomic E-state index is 5.65. The Balaban J connectivity index is 2.28. The number of hydrogen-bond acceptors (Lipinski definition) is 3. The second-order valence-corrected chi connectivity index (χ2v) is 4.56. The van der Waals surface area contributed by atoms with Gasteiger partial charge in [-0.05, 0) is 50.6 Å². The molecule has 0 saturated carbocycles. The maximum absolute atomic E-state index is 5.65. The normalized spacial score (nSPS) is 10.7. The van der Waals surface area contributed by atoms with E-state index in [1.165, 1.54) is 0 Å². The van der Waals surface area contributed by atoms with Crippen LogP contribution in [0.15, 0.2) is 36.4 Å². The molecule has 18 heavy (non-hydrogen) atoms. The van der Waals surface area contributed by atoms with E-state index in [0.29, 0.717) is 5.82 Å². The van der Waals surface area contributed by atoms with Crippen LogP contribution in [0.3, 0.4) is 0 Å². The highest BCUT2D eigenvalue weighted by Gasteiger charge is 2.04. The average Bonchev–Trinajstić information content (AvgIpc) is 2.30. The smallest absolute Gasteiger partial charge is 0.123 e. The molecule has 0 aliphatic rings. The fourth-order valence-corrected chi connectivity index (χ4v) is 1.87.